The van der Waals surface area contributed by atoms with E-state index in [-0.39, 0.29) is 30.0 Å². The van der Waals surface area contributed by atoms with Gasteiger partial charge in [0.25, 0.3) is 0 Å². The van der Waals surface area contributed by atoms with E-state index in [2.05, 4.69) is 6.92 Å². The number of fused-ring (bicyclic) bond motifs is 2. The molecule has 2 N–H and O–H groups in total. The minimum absolute atomic E-state index is 0.0652. The number of aliphatic hydroxyl groups is 2. The number of ketones is 1. The zero-order valence-corrected chi connectivity index (χ0v) is 16.9. The van der Waals surface area contributed by atoms with Gasteiger partial charge in [-0.3, -0.25) is 4.79 Å². The van der Waals surface area contributed by atoms with E-state index in [9.17, 15) is 15.0 Å². The van der Waals surface area contributed by atoms with Gasteiger partial charge >= 0.3 is 0 Å². The van der Waals surface area contributed by atoms with Crippen LogP contribution in [-0.4, -0.2) is 72.6 Å². The molecular formula is C20H32O7. The van der Waals surface area contributed by atoms with Gasteiger partial charge in [0.05, 0.1) is 11.5 Å². The van der Waals surface area contributed by atoms with Gasteiger partial charge in [-0.15, -0.1) is 0 Å². The van der Waals surface area contributed by atoms with Crippen LogP contribution in [0, 0.1) is 23.7 Å². The summed E-state index contributed by atoms with van der Waals surface area (Å²) in [6.07, 6.45) is 1.41. The van der Waals surface area contributed by atoms with E-state index in [0.717, 1.165) is 0 Å². The fourth-order valence-electron chi connectivity index (χ4n) is 7.23. The van der Waals surface area contributed by atoms with Gasteiger partial charge in [0.1, 0.15) is 17.3 Å². The SMILES string of the molecule is COC[C@@H]1C[C@@H]2C(=O)[C@@H]3C[C@@H](C)[C@]2(O3)[C@@H]2C[C@](C)(O)C(OC)(OC)[C@@]2(O)C1. The Morgan fingerprint density at radius 3 is 2.41 bits per heavy atom. The highest BCUT2D eigenvalue weighted by Gasteiger charge is 2.81. The van der Waals surface area contributed by atoms with E-state index in [1.54, 1.807) is 14.0 Å². The standard InChI is InChI=1S/C20H32O7/c1-11-6-14-16(21)13-7-12(10-24-3)8-18(23)15(19(11,13)27-14)9-17(2,22)20(18,25-4)26-5/h11-15,22-23H,6-10H2,1-5H3/t11-,12-,13-,14+,15-,17+,18-,19-/m1/s1. The summed E-state index contributed by atoms with van der Waals surface area (Å²) >= 11 is 0. The highest BCUT2D eigenvalue weighted by molar-refractivity contribution is 5.90. The Labute approximate surface area is 160 Å². The van der Waals surface area contributed by atoms with Gasteiger partial charge in [0.15, 0.2) is 5.78 Å². The third kappa shape index (κ3) is 2.11. The molecule has 154 valence electrons. The lowest BCUT2D eigenvalue weighted by Crippen LogP contribution is -2.66. The molecule has 4 rings (SSSR count). The van der Waals surface area contributed by atoms with Crippen LogP contribution in [-0.2, 0) is 23.7 Å². The van der Waals surface area contributed by atoms with E-state index < -0.39 is 34.6 Å². The molecule has 2 heterocycles. The Kier molecular flexibility index (Phi) is 4.36. The number of carbonyl (C=O) groups is 1. The number of methoxy groups -OCH3 is 3. The fourth-order valence-corrected chi connectivity index (χ4v) is 7.23. The number of ether oxygens (including phenoxy) is 4. The molecule has 2 aliphatic heterocycles. The summed E-state index contributed by atoms with van der Waals surface area (Å²) in [5.41, 5.74) is -3.75. The van der Waals surface area contributed by atoms with E-state index in [0.29, 0.717) is 25.9 Å². The van der Waals surface area contributed by atoms with Crippen molar-refractivity contribution in [3.63, 3.8) is 0 Å². The number of rotatable bonds is 4. The van der Waals surface area contributed by atoms with Crippen molar-refractivity contribution in [3.8, 4) is 0 Å². The summed E-state index contributed by atoms with van der Waals surface area (Å²) in [5.74, 6) is -2.21. The van der Waals surface area contributed by atoms with Gasteiger partial charge in [0.2, 0.25) is 5.79 Å². The zero-order chi connectivity index (χ0) is 19.8. The van der Waals surface area contributed by atoms with Gasteiger partial charge in [-0.1, -0.05) is 6.92 Å². The van der Waals surface area contributed by atoms with Crippen molar-refractivity contribution >= 4 is 5.78 Å². The molecular weight excluding hydrogens is 352 g/mol. The first-order chi connectivity index (χ1) is 12.6. The van der Waals surface area contributed by atoms with Crippen molar-refractivity contribution in [1.29, 1.82) is 0 Å². The van der Waals surface area contributed by atoms with Gasteiger partial charge in [-0.05, 0) is 44.4 Å². The van der Waals surface area contributed by atoms with Crippen LogP contribution in [0.5, 0.6) is 0 Å². The minimum atomic E-state index is -1.60. The van der Waals surface area contributed by atoms with E-state index >= 15 is 0 Å². The van der Waals surface area contributed by atoms with Crippen molar-refractivity contribution in [2.75, 3.05) is 27.9 Å². The highest BCUT2D eigenvalue weighted by Crippen LogP contribution is 2.68. The predicted molar refractivity (Wildman–Crippen MR) is 94.9 cm³/mol. The highest BCUT2D eigenvalue weighted by atomic mass is 16.7. The quantitative estimate of drug-likeness (QED) is 0.696. The number of hydrogen-bond acceptors (Lipinski definition) is 7. The molecule has 1 spiro atoms. The second kappa shape index (κ2) is 5.97. The molecule has 0 radical (unpaired) electrons. The number of Topliss-reactive ketones (excluding diaryl/α,β-unsaturated/α-hetero) is 1. The molecule has 0 aromatic rings. The summed E-state index contributed by atoms with van der Waals surface area (Å²) in [6, 6.07) is 0. The van der Waals surface area contributed by atoms with E-state index in [1.165, 1.54) is 14.2 Å². The van der Waals surface area contributed by atoms with Gasteiger partial charge < -0.3 is 29.2 Å². The molecule has 2 saturated carbocycles. The number of hydrogen-bond donors (Lipinski definition) is 2. The molecule has 2 aliphatic carbocycles. The van der Waals surface area contributed by atoms with Crippen molar-refractivity contribution in [3.05, 3.63) is 0 Å². The maximum absolute atomic E-state index is 13.0. The molecule has 8 atom stereocenters. The second-order valence-corrected chi connectivity index (χ2v) is 9.29. The van der Waals surface area contributed by atoms with Crippen molar-refractivity contribution < 1.29 is 34.0 Å². The Bertz CT molecular complexity index is 630. The Balaban J connectivity index is 1.92. The van der Waals surface area contributed by atoms with Crippen molar-refractivity contribution in [2.45, 2.75) is 68.2 Å². The second-order valence-electron chi connectivity index (χ2n) is 9.29. The molecule has 0 amide bonds. The van der Waals surface area contributed by atoms with Crippen molar-refractivity contribution in [1.82, 2.24) is 0 Å². The minimum Gasteiger partial charge on any atom is -0.384 e. The van der Waals surface area contributed by atoms with Crippen LogP contribution in [0.2, 0.25) is 0 Å². The summed E-state index contributed by atoms with van der Waals surface area (Å²) in [4.78, 5) is 13.0. The molecule has 0 aromatic carbocycles. The molecule has 2 saturated heterocycles. The fraction of sp³-hybridized carbons (Fsp3) is 0.950. The monoisotopic (exact) mass is 384 g/mol. The summed E-state index contributed by atoms with van der Waals surface area (Å²) < 4.78 is 23.2. The first kappa shape index (κ1) is 19.7. The van der Waals surface area contributed by atoms with Crippen LogP contribution in [0.3, 0.4) is 0 Å². The average Bonchev–Trinajstić information content (AvgIpc) is 3.10. The maximum Gasteiger partial charge on any atom is 0.226 e. The third-order valence-electron chi connectivity index (χ3n) is 8.04. The first-order valence-corrected chi connectivity index (χ1v) is 9.89. The lowest BCUT2D eigenvalue weighted by Gasteiger charge is -2.49. The van der Waals surface area contributed by atoms with Crippen LogP contribution in [0.1, 0.15) is 39.5 Å². The van der Waals surface area contributed by atoms with Crippen LogP contribution in [0.4, 0.5) is 0 Å². The summed E-state index contributed by atoms with van der Waals surface area (Å²) in [5, 5.41) is 23.5. The van der Waals surface area contributed by atoms with E-state index in [1.807, 2.05) is 0 Å². The maximum atomic E-state index is 13.0. The first-order valence-electron chi connectivity index (χ1n) is 9.89. The topological polar surface area (TPSA) is 94.5 Å². The summed E-state index contributed by atoms with van der Waals surface area (Å²) in [6.45, 7) is 4.14. The molecule has 4 aliphatic rings. The molecule has 0 aromatic heterocycles. The lowest BCUT2D eigenvalue weighted by atomic mass is 9.62. The Morgan fingerprint density at radius 2 is 1.81 bits per heavy atom. The third-order valence-corrected chi connectivity index (χ3v) is 8.04. The zero-order valence-electron chi connectivity index (χ0n) is 16.9. The summed E-state index contributed by atoms with van der Waals surface area (Å²) in [7, 11) is 4.52. The molecule has 7 heteroatoms. The van der Waals surface area contributed by atoms with Gasteiger partial charge in [-0.2, -0.15) is 0 Å². The average molecular weight is 384 g/mol. The van der Waals surface area contributed by atoms with Crippen LogP contribution in [0.25, 0.3) is 0 Å². The van der Waals surface area contributed by atoms with Crippen molar-refractivity contribution in [2.24, 2.45) is 23.7 Å². The molecule has 4 fully saturated rings. The predicted octanol–water partition coefficient (Wildman–Crippen LogP) is 0.897. The van der Waals surface area contributed by atoms with Gasteiger partial charge in [0, 0.05) is 33.9 Å². The normalized spacial score (nSPS) is 53.3. The smallest absolute Gasteiger partial charge is 0.226 e. The largest absolute Gasteiger partial charge is 0.384 e. The molecule has 0 unspecified atom stereocenters. The number of carbonyl (C=O) groups excluding carboxylic acids is 1. The van der Waals surface area contributed by atoms with Crippen LogP contribution < -0.4 is 0 Å². The Morgan fingerprint density at radius 1 is 1.15 bits per heavy atom. The lowest BCUT2D eigenvalue weighted by molar-refractivity contribution is -0.353. The van der Waals surface area contributed by atoms with E-state index in [4.69, 9.17) is 18.9 Å². The molecule has 7 nitrogen and oxygen atoms in total. The van der Waals surface area contributed by atoms with Crippen LogP contribution in [0.15, 0.2) is 0 Å². The Hall–Kier alpha value is -0.570. The van der Waals surface area contributed by atoms with Gasteiger partial charge in [-0.25, -0.2) is 0 Å². The van der Waals surface area contributed by atoms with Crippen LogP contribution >= 0.6 is 0 Å². The molecule has 2 bridgehead atoms. The molecule has 27 heavy (non-hydrogen) atoms.